The Morgan fingerprint density at radius 3 is 1.80 bits per heavy atom. The average molecular weight is 270 g/mol. The van der Waals surface area contributed by atoms with Crippen LogP contribution in [0.5, 0.6) is 0 Å². The summed E-state index contributed by atoms with van der Waals surface area (Å²) in [6, 6.07) is 0. The van der Waals surface area contributed by atoms with Crippen molar-refractivity contribution in [2.24, 2.45) is 0 Å². The van der Waals surface area contributed by atoms with Gasteiger partial charge in [-0.1, -0.05) is 6.58 Å². The van der Waals surface area contributed by atoms with Crippen molar-refractivity contribution < 1.29 is 39.2 Å². The van der Waals surface area contributed by atoms with Gasteiger partial charge in [0, 0.05) is 6.08 Å². The predicted molar refractivity (Wildman–Crippen MR) is 72.2 cm³/mol. The molecule has 0 aliphatic heterocycles. The van der Waals surface area contributed by atoms with Crippen molar-refractivity contribution in [3.05, 3.63) is 12.7 Å². The Kier molecular flexibility index (Phi) is 17.2. The van der Waals surface area contributed by atoms with Gasteiger partial charge in [0.15, 0.2) is 5.60 Å². The second-order valence-corrected chi connectivity index (χ2v) is 3.08. The molecule has 0 aliphatic carbocycles. The number of carboxylic acid groups (broad SMARTS) is 2. The monoisotopic (exact) mass is 270 g/mol. The summed E-state index contributed by atoms with van der Waals surface area (Å²) >= 11 is 0. The molecule has 0 saturated heterocycles. The van der Waals surface area contributed by atoms with Crippen molar-refractivity contribution in [2.45, 2.75) is 18.4 Å². The molecule has 3 N–H and O–H groups in total. The zero-order chi connectivity index (χ0) is 13.6. The molecule has 1 atom stereocenters. The number of rotatable bonds is 6. The molecular weight excluding hydrogens is 257 g/mol. The van der Waals surface area contributed by atoms with Crippen LogP contribution in [0, 0.1) is 0 Å². The Morgan fingerprint density at radius 2 is 1.50 bits per heavy atom. The molecule has 0 radical (unpaired) electrons. The van der Waals surface area contributed by atoms with Gasteiger partial charge >= 0.3 is 80.5 Å². The number of ether oxygens (including phenoxy) is 1. The molecule has 0 saturated carbocycles. The van der Waals surface area contributed by atoms with E-state index in [9.17, 15) is 24.3 Å². The van der Waals surface area contributed by atoms with Gasteiger partial charge in [0.2, 0.25) is 0 Å². The van der Waals surface area contributed by atoms with Gasteiger partial charge in [-0.3, -0.25) is 9.59 Å². The third kappa shape index (κ3) is 10.4. The van der Waals surface area contributed by atoms with Gasteiger partial charge in [0.1, 0.15) is 0 Å². The summed E-state index contributed by atoms with van der Waals surface area (Å²) in [7, 11) is 0. The Hall–Kier alpha value is -0.428. The molecule has 0 aromatic heterocycles. The summed E-state index contributed by atoms with van der Waals surface area (Å²) in [5.41, 5.74) is -2.82. The van der Waals surface area contributed by atoms with Crippen molar-refractivity contribution >= 4 is 80.5 Å². The van der Waals surface area contributed by atoms with Gasteiger partial charge in [-0.2, -0.15) is 0 Å². The quantitative estimate of drug-likeness (QED) is 0.200. The zero-order valence-corrected chi connectivity index (χ0v) is 8.58. The van der Waals surface area contributed by atoms with Crippen LogP contribution in [0.3, 0.4) is 0 Å². The maximum atomic E-state index is 11.0. The first-order chi connectivity index (χ1) is 7.71. The van der Waals surface area contributed by atoms with E-state index in [0.717, 1.165) is 0 Å². The SMILES string of the molecule is C=CC(=O)OC(=O)CC(O)(CC(=O)O)C(=O)O.[LiH].[LiH].[LiH]. The molecular formula is C9H13Li3O8. The topological polar surface area (TPSA) is 138 Å². The number of carbonyl (C=O) groups is 4. The van der Waals surface area contributed by atoms with Gasteiger partial charge in [-0.15, -0.1) is 0 Å². The molecule has 8 nitrogen and oxygen atoms in total. The van der Waals surface area contributed by atoms with Crippen LogP contribution in [0.2, 0.25) is 0 Å². The molecule has 0 bridgehead atoms. The van der Waals surface area contributed by atoms with Crippen molar-refractivity contribution in [3.8, 4) is 0 Å². The normalized spacial score (nSPS) is 11.2. The first kappa shape index (κ1) is 27.8. The Bertz CT molecular complexity index is 383. The third-order valence-electron chi connectivity index (χ3n) is 1.66. The van der Waals surface area contributed by atoms with Crippen molar-refractivity contribution in [1.29, 1.82) is 0 Å². The van der Waals surface area contributed by atoms with E-state index in [2.05, 4.69) is 11.3 Å². The number of carboxylic acids is 2. The van der Waals surface area contributed by atoms with Crippen LogP contribution in [-0.2, 0) is 23.9 Å². The van der Waals surface area contributed by atoms with Crippen LogP contribution in [0.15, 0.2) is 12.7 Å². The molecule has 0 aromatic rings. The molecule has 100 valence electrons. The van der Waals surface area contributed by atoms with E-state index in [4.69, 9.17) is 10.2 Å². The maximum absolute atomic E-state index is 11.0. The summed E-state index contributed by atoms with van der Waals surface area (Å²) in [6.45, 7) is 2.99. The first-order valence-electron chi connectivity index (χ1n) is 4.26. The van der Waals surface area contributed by atoms with E-state index < -0.39 is 42.3 Å². The van der Waals surface area contributed by atoms with Gasteiger partial charge in [0.25, 0.3) is 0 Å². The van der Waals surface area contributed by atoms with E-state index in [0.29, 0.717) is 6.08 Å². The molecule has 0 amide bonds. The van der Waals surface area contributed by atoms with Crippen LogP contribution < -0.4 is 0 Å². The second-order valence-electron chi connectivity index (χ2n) is 3.08. The fourth-order valence-corrected chi connectivity index (χ4v) is 0.893. The Labute approximate surface area is 150 Å². The van der Waals surface area contributed by atoms with Crippen molar-refractivity contribution in [1.82, 2.24) is 0 Å². The van der Waals surface area contributed by atoms with Gasteiger partial charge in [-0.25, -0.2) is 9.59 Å². The van der Waals surface area contributed by atoms with Crippen molar-refractivity contribution in [2.75, 3.05) is 0 Å². The molecule has 0 aromatic carbocycles. The molecule has 0 heterocycles. The number of esters is 2. The summed E-state index contributed by atoms with van der Waals surface area (Å²) in [5.74, 6) is -6.00. The molecule has 0 aliphatic rings. The fraction of sp³-hybridized carbons (Fsp3) is 0.333. The summed E-state index contributed by atoms with van der Waals surface area (Å²) in [4.78, 5) is 42.5. The van der Waals surface area contributed by atoms with Gasteiger partial charge < -0.3 is 20.1 Å². The predicted octanol–water partition coefficient (Wildman–Crippen LogP) is -3.02. The Balaban J connectivity index is -0.000000427. The number of hydrogen-bond acceptors (Lipinski definition) is 6. The number of aliphatic hydroxyl groups is 1. The van der Waals surface area contributed by atoms with Gasteiger partial charge in [0.05, 0.1) is 12.8 Å². The average Bonchev–Trinajstić information content (AvgIpc) is 2.15. The standard InChI is InChI=1S/C9H10O8.3Li.3H/c1-2-6(12)17-7(13)4-9(16,8(14)15)3-5(10)11;;;;;;/h2,16H,1,3-4H2,(H,10,11)(H,14,15);;;;;;. The molecule has 20 heavy (non-hydrogen) atoms. The molecule has 0 fully saturated rings. The van der Waals surface area contributed by atoms with E-state index in [1.54, 1.807) is 0 Å². The summed E-state index contributed by atoms with van der Waals surface area (Å²) in [6.07, 6.45) is -1.69. The fourth-order valence-electron chi connectivity index (χ4n) is 0.893. The third-order valence-corrected chi connectivity index (χ3v) is 1.66. The van der Waals surface area contributed by atoms with E-state index in [1.807, 2.05) is 0 Å². The molecule has 11 heteroatoms. The molecule has 0 rings (SSSR count). The van der Waals surface area contributed by atoms with Crippen LogP contribution in [0.25, 0.3) is 0 Å². The summed E-state index contributed by atoms with van der Waals surface area (Å²) < 4.78 is 4.01. The van der Waals surface area contributed by atoms with Crippen LogP contribution in [0.4, 0.5) is 0 Å². The van der Waals surface area contributed by atoms with Crippen LogP contribution in [-0.4, -0.2) is 101 Å². The number of hydrogen-bond donors (Lipinski definition) is 3. The first-order valence-corrected chi connectivity index (χ1v) is 4.26. The van der Waals surface area contributed by atoms with Gasteiger partial charge in [-0.05, 0) is 0 Å². The Morgan fingerprint density at radius 1 is 1.05 bits per heavy atom. The number of carbonyl (C=O) groups excluding carboxylic acids is 2. The number of aliphatic carboxylic acids is 2. The molecule has 0 spiro atoms. The van der Waals surface area contributed by atoms with E-state index >= 15 is 0 Å². The van der Waals surface area contributed by atoms with Crippen LogP contribution >= 0.6 is 0 Å². The zero-order valence-electron chi connectivity index (χ0n) is 8.58. The van der Waals surface area contributed by atoms with Crippen LogP contribution in [0.1, 0.15) is 12.8 Å². The minimum absolute atomic E-state index is 0. The minimum atomic E-state index is -2.82. The van der Waals surface area contributed by atoms with E-state index in [1.165, 1.54) is 0 Å². The van der Waals surface area contributed by atoms with Crippen molar-refractivity contribution in [3.63, 3.8) is 0 Å². The summed E-state index contributed by atoms with van der Waals surface area (Å²) in [5, 5.41) is 26.4. The van der Waals surface area contributed by atoms with E-state index in [-0.39, 0.29) is 56.6 Å². The second kappa shape index (κ2) is 12.3. The molecule has 1 unspecified atom stereocenters.